The molecule has 1 aromatic carbocycles. The first-order valence-corrected chi connectivity index (χ1v) is 15.4. The van der Waals surface area contributed by atoms with Gasteiger partial charge in [-0.3, -0.25) is 4.90 Å². The van der Waals surface area contributed by atoms with E-state index in [0.717, 1.165) is 38.3 Å². The van der Waals surface area contributed by atoms with Gasteiger partial charge in [0, 0.05) is 37.2 Å². The molecule has 8 rings (SSSR count). The molecule has 242 valence electrons. The van der Waals surface area contributed by atoms with Crippen molar-refractivity contribution in [2.75, 3.05) is 43.5 Å². The van der Waals surface area contributed by atoms with E-state index in [2.05, 4.69) is 25.0 Å². The van der Waals surface area contributed by atoms with Crippen LogP contribution in [-0.2, 0) is 6.18 Å². The Morgan fingerprint density at radius 3 is 2.85 bits per heavy atom. The van der Waals surface area contributed by atoms with Crippen molar-refractivity contribution in [3.63, 3.8) is 0 Å². The molecule has 0 saturated carbocycles. The van der Waals surface area contributed by atoms with Crippen molar-refractivity contribution < 1.29 is 31.4 Å². The van der Waals surface area contributed by atoms with Crippen LogP contribution in [0.25, 0.3) is 27.0 Å². The number of nitrogens with one attached hydrogen (secondary N) is 1. The van der Waals surface area contributed by atoms with Gasteiger partial charge in [0.2, 0.25) is 5.69 Å². The van der Waals surface area contributed by atoms with Gasteiger partial charge in [0.15, 0.2) is 0 Å². The minimum absolute atomic E-state index is 0.0177. The number of nitrogen functional groups attached to an aromatic ring is 1. The zero-order valence-corrected chi connectivity index (χ0v) is 24.9. The number of hydrogen-bond donors (Lipinski definition) is 2. The predicted octanol–water partition coefficient (Wildman–Crippen LogP) is 4.95. The summed E-state index contributed by atoms with van der Waals surface area (Å²) < 4.78 is 87.3. The van der Waals surface area contributed by atoms with E-state index in [0.29, 0.717) is 19.5 Å². The highest BCUT2D eigenvalue weighted by Crippen LogP contribution is 2.53. The van der Waals surface area contributed by atoms with Crippen molar-refractivity contribution in [2.24, 2.45) is 0 Å². The van der Waals surface area contributed by atoms with E-state index in [1.165, 1.54) is 6.92 Å². The highest BCUT2D eigenvalue weighted by Gasteiger charge is 2.50. The Bertz CT molecular complexity index is 1810. The van der Waals surface area contributed by atoms with Gasteiger partial charge >= 0.3 is 12.2 Å². The molecule has 5 aliphatic rings. The van der Waals surface area contributed by atoms with Crippen molar-refractivity contribution in [1.29, 1.82) is 0 Å². The van der Waals surface area contributed by atoms with E-state index in [1.807, 2.05) is 4.90 Å². The van der Waals surface area contributed by atoms with Crippen LogP contribution >= 0.6 is 0 Å². The summed E-state index contributed by atoms with van der Waals surface area (Å²) in [4.78, 5) is 20.7. The molecule has 3 N–H and O–H groups in total. The van der Waals surface area contributed by atoms with Crippen LogP contribution in [0.2, 0.25) is 0 Å². The fourth-order valence-electron chi connectivity index (χ4n) is 8.38. The standard InChI is InChI=1S/C31H31F5N8O2/c1-14-8-19(37)40-24(22(14)31(34,35)36)20-23(33)25-21-27(26(20)38-2)45-12-18-17-5-4-16(39-17)11-44(18)28(21)42-29(41-25)46-13-30-6-3-7-43(30)10-15(32)9-30/h8,15-18,39H,3-7,9-13H2,1H3,(H2,37,40)/t15-,16?,17?,18?,30+/m1/s1. The Morgan fingerprint density at radius 2 is 2.07 bits per heavy atom. The van der Waals surface area contributed by atoms with Gasteiger partial charge in [-0.15, -0.1) is 0 Å². The number of halogens is 5. The van der Waals surface area contributed by atoms with Crippen LogP contribution in [-0.4, -0.2) is 82.5 Å². The molecule has 4 fully saturated rings. The quantitative estimate of drug-likeness (QED) is 0.302. The Labute approximate surface area is 260 Å². The molecule has 3 aromatic rings. The normalized spacial score (nSPS) is 28.5. The molecule has 2 bridgehead atoms. The molecule has 0 radical (unpaired) electrons. The number of fused-ring (bicyclic) bond motifs is 6. The summed E-state index contributed by atoms with van der Waals surface area (Å²) in [6.45, 7) is 10.9. The minimum Gasteiger partial charge on any atom is -0.502 e. The first kappa shape index (κ1) is 29.4. The highest BCUT2D eigenvalue weighted by molar-refractivity contribution is 6.06. The summed E-state index contributed by atoms with van der Waals surface area (Å²) in [5.41, 5.74) is 1.52. The number of alkyl halides is 4. The number of anilines is 2. The molecular formula is C31H31F5N8O2. The second-order valence-electron chi connectivity index (χ2n) is 13.1. The van der Waals surface area contributed by atoms with Crippen LogP contribution < -0.4 is 25.4 Å². The van der Waals surface area contributed by atoms with Crippen molar-refractivity contribution in [1.82, 2.24) is 25.2 Å². The summed E-state index contributed by atoms with van der Waals surface area (Å²) in [6.07, 6.45) is -2.24. The number of nitrogens with two attached hydrogens (primary N) is 1. The second kappa shape index (κ2) is 10.2. The van der Waals surface area contributed by atoms with Crippen LogP contribution in [0.5, 0.6) is 11.8 Å². The summed E-state index contributed by atoms with van der Waals surface area (Å²) in [6, 6.07) is 0.769. The number of piperazine rings is 1. The Morgan fingerprint density at radius 1 is 1.24 bits per heavy atom. The fraction of sp³-hybridized carbons (Fsp3) is 0.548. The first-order chi connectivity index (χ1) is 22.0. The third-order valence-electron chi connectivity index (χ3n) is 10.3. The van der Waals surface area contributed by atoms with E-state index >= 15 is 4.39 Å². The molecule has 46 heavy (non-hydrogen) atoms. The number of aromatic nitrogens is 3. The van der Waals surface area contributed by atoms with Gasteiger partial charge < -0.3 is 25.4 Å². The number of benzene rings is 1. The zero-order valence-electron chi connectivity index (χ0n) is 24.9. The molecule has 5 aliphatic heterocycles. The molecule has 3 unspecified atom stereocenters. The molecule has 5 atom stereocenters. The van der Waals surface area contributed by atoms with Crippen molar-refractivity contribution >= 4 is 28.2 Å². The van der Waals surface area contributed by atoms with Gasteiger partial charge in [-0.05, 0) is 50.8 Å². The monoisotopic (exact) mass is 642 g/mol. The van der Waals surface area contributed by atoms with Gasteiger partial charge in [-0.2, -0.15) is 23.1 Å². The molecule has 4 saturated heterocycles. The molecule has 7 heterocycles. The Hall–Kier alpha value is -4.03. The van der Waals surface area contributed by atoms with Gasteiger partial charge in [0.25, 0.3) is 0 Å². The van der Waals surface area contributed by atoms with Crippen molar-refractivity contribution in [3.05, 3.63) is 34.4 Å². The third-order valence-corrected chi connectivity index (χ3v) is 10.3. The molecule has 0 spiro atoms. The lowest BCUT2D eigenvalue weighted by atomic mass is 9.95. The largest absolute Gasteiger partial charge is 0.502 e. The lowest BCUT2D eigenvalue weighted by molar-refractivity contribution is -0.137. The Balaban J connectivity index is 1.36. The maximum atomic E-state index is 17.0. The lowest BCUT2D eigenvalue weighted by Gasteiger charge is -2.40. The van der Waals surface area contributed by atoms with Crippen LogP contribution in [0.1, 0.15) is 43.2 Å². The highest BCUT2D eigenvalue weighted by atomic mass is 19.4. The topological polar surface area (TPSA) is 106 Å². The van der Waals surface area contributed by atoms with Gasteiger partial charge in [0.05, 0.1) is 34.8 Å². The molecule has 2 aromatic heterocycles. The van der Waals surface area contributed by atoms with E-state index in [1.54, 1.807) is 0 Å². The van der Waals surface area contributed by atoms with Crippen molar-refractivity contribution in [3.8, 4) is 23.0 Å². The Kier molecular flexibility index (Phi) is 6.54. The van der Waals surface area contributed by atoms with E-state index in [-0.39, 0.29) is 71.2 Å². The molecular weight excluding hydrogens is 611 g/mol. The van der Waals surface area contributed by atoms with E-state index < -0.39 is 46.2 Å². The average Bonchev–Trinajstić information content (AvgIpc) is 3.62. The van der Waals surface area contributed by atoms with Crippen molar-refractivity contribution in [2.45, 2.75) is 75.0 Å². The summed E-state index contributed by atoms with van der Waals surface area (Å²) in [5, 5.41) is 3.66. The van der Waals surface area contributed by atoms with Crippen LogP contribution in [0.3, 0.4) is 0 Å². The maximum absolute atomic E-state index is 17.0. The summed E-state index contributed by atoms with van der Waals surface area (Å²) >= 11 is 0. The fourth-order valence-corrected chi connectivity index (χ4v) is 8.38. The van der Waals surface area contributed by atoms with Crippen LogP contribution in [0.15, 0.2) is 6.07 Å². The van der Waals surface area contributed by atoms with Gasteiger partial charge in [-0.1, -0.05) is 0 Å². The molecule has 15 heteroatoms. The SMILES string of the molecule is [C-]#[N+]c1c(-c2nc(N)cc(C)c2C(F)(F)F)c(F)c2nc(OC[C@@]34CCCN3C[C@H](F)C4)nc3c2c1OCC1C2CCC(CN31)N2. The number of pyridine rings is 1. The third kappa shape index (κ3) is 4.36. The summed E-state index contributed by atoms with van der Waals surface area (Å²) in [7, 11) is 0. The number of ether oxygens (including phenoxy) is 2. The molecule has 0 aliphatic carbocycles. The molecule has 10 nitrogen and oxygen atoms in total. The van der Waals surface area contributed by atoms with E-state index in [4.69, 9.17) is 26.8 Å². The number of hydrogen-bond acceptors (Lipinski definition) is 9. The van der Waals surface area contributed by atoms with Gasteiger partial charge in [-0.25, -0.2) is 18.6 Å². The van der Waals surface area contributed by atoms with Crippen LogP contribution in [0.4, 0.5) is 39.3 Å². The van der Waals surface area contributed by atoms with E-state index in [9.17, 15) is 17.6 Å². The molecule has 0 amide bonds. The minimum atomic E-state index is -4.94. The number of nitrogens with zero attached hydrogens (tertiary/aromatic N) is 6. The number of rotatable bonds is 4. The maximum Gasteiger partial charge on any atom is 0.418 e. The zero-order chi connectivity index (χ0) is 32.1. The number of aryl methyl sites for hydroxylation is 1. The second-order valence-corrected chi connectivity index (χ2v) is 13.1. The smallest absolute Gasteiger partial charge is 0.418 e. The predicted molar refractivity (Wildman–Crippen MR) is 158 cm³/mol. The lowest BCUT2D eigenvalue weighted by Crippen LogP contribution is -2.60. The summed E-state index contributed by atoms with van der Waals surface area (Å²) in [5.74, 6) is -1.28. The first-order valence-electron chi connectivity index (χ1n) is 15.4. The average molecular weight is 643 g/mol. The van der Waals surface area contributed by atoms with Crippen LogP contribution in [0, 0.1) is 19.3 Å². The van der Waals surface area contributed by atoms with Gasteiger partial charge in [0.1, 0.15) is 48.1 Å².